The molecule has 6 heteroatoms. The lowest BCUT2D eigenvalue weighted by Crippen LogP contribution is -2.43. The van der Waals surface area contributed by atoms with Crippen molar-refractivity contribution in [2.24, 2.45) is 11.3 Å². The van der Waals surface area contributed by atoms with Crippen LogP contribution >= 0.6 is 11.6 Å². The van der Waals surface area contributed by atoms with Gasteiger partial charge in [-0.2, -0.15) is 5.26 Å². The van der Waals surface area contributed by atoms with E-state index < -0.39 is 6.23 Å². The number of rotatable bonds is 3. The van der Waals surface area contributed by atoms with E-state index in [2.05, 4.69) is 32.2 Å². The highest BCUT2D eigenvalue weighted by molar-refractivity contribution is 6.30. The van der Waals surface area contributed by atoms with Crippen LogP contribution in [0, 0.1) is 22.7 Å². The second-order valence-electron chi connectivity index (χ2n) is 6.38. The van der Waals surface area contributed by atoms with Gasteiger partial charge in [-0.3, -0.25) is 15.4 Å². The van der Waals surface area contributed by atoms with Gasteiger partial charge < -0.3 is 0 Å². The maximum Gasteiger partial charge on any atom is 0.140 e. The van der Waals surface area contributed by atoms with Crippen LogP contribution in [0.15, 0.2) is 24.3 Å². The third kappa shape index (κ3) is 3.37. The molecular formula is C15H20ClN3O2. The van der Waals surface area contributed by atoms with Gasteiger partial charge in [0.25, 0.3) is 0 Å². The van der Waals surface area contributed by atoms with E-state index >= 15 is 0 Å². The summed E-state index contributed by atoms with van der Waals surface area (Å²) in [6.07, 6.45) is -0.512. The summed E-state index contributed by atoms with van der Waals surface area (Å²) in [6, 6.07) is 9.70. The zero-order valence-electron chi connectivity index (χ0n) is 12.3. The first-order valence-corrected chi connectivity index (χ1v) is 7.22. The van der Waals surface area contributed by atoms with Gasteiger partial charge in [0.2, 0.25) is 0 Å². The van der Waals surface area contributed by atoms with Crippen LogP contribution in [-0.4, -0.2) is 17.5 Å². The Bertz CT molecular complexity index is 538. The number of halogens is 1. The molecule has 1 saturated heterocycles. The van der Waals surface area contributed by atoms with Crippen molar-refractivity contribution in [3.63, 3.8) is 0 Å². The van der Waals surface area contributed by atoms with E-state index in [1.54, 1.807) is 11.7 Å². The van der Waals surface area contributed by atoms with Crippen LogP contribution in [0.2, 0.25) is 5.02 Å². The smallest absolute Gasteiger partial charge is 0.140 e. The minimum absolute atomic E-state index is 0.0650. The van der Waals surface area contributed by atoms with Gasteiger partial charge in [0.05, 0.1) is 12.0 Å². The number of nitrogens with one attached hydrogen (secondary N) is 2. The lowest BCUT2D eigenvalue weighted by Gasteiger charge is -2.30. The van der Waals surface area contributed by atoms with Crippen molar-refractivity contribution in [2.45, 2.75) is 39.0 Å². The summed E-state index contributed by atoms with van der Waals surface area (Å²) in [4.78, 5) is 5.17. The van der Waals surface area contributed by atoms with Crippen molar-refractivity contribution in [2.75, 3.05) is 0 Å². The molecule has 0 amide bonds. The predicted octanol–water partition coefficient (Wildman–Crippen LogP) is 2.82. The molecule has 0 radical (unpaired) electrons. The first-order chi connectivity index (χ1) is 9.88. The quantitative estimate of drug-likeness (QED) is 0.748. The van der Waals surface area contributed by atoms with Crippen LogP contribution in [0.3, 0.4) is 0 Å². The zero-order chi connectivity index (χ0) is 15.6. The Morgan fingerprint density at radius 2 is 2.14 bits per heavy atom. The van der Waals surface area contributed by atoms with E-state index in [4.69, 9.17) is 21.6 Å². The summed E-state index contributed by atoms with van der Waals surface area (Å²) in [5, 5.41) is 22.4. The van der Waals surface area contributed by atoms with Gasteiger partial charge in [-0.1, -0.05) is 50.1 Å². The summed E-state index contributed by atoms with van der Waals surface area (Å²) in [5.74, 6) is -0.514. The molecule has 1 aliphatic heterocycles. The van der Waals surface area contributed by atoms with E-state index in [0.29, 0.717) is 5.02 Å². The lowest BCUT2D eigenvalue weighted by atomic mass is 9.75. The number of hydrogen-bond donors (Lipinski definition) is 3. The molecule has 2 rings (SSSR count). The molecule has 1 heterocycles. The number of benzene rings is 1. The second-order valence-corrected chi connectivity index (χ2v) is 6.81. The molecule has 1 fully saturated rings. The Morgan fingerprint density at radius 1 is 1.43 bits per heavy atom. The van der Waals surface area contributed by atoms with Crippen LogP contribution in [0.25, 0.3) is 0 Å². The fourth-order valence-corrected chi connectivity index (χ4v) is 3.18. The summed E-state index contributed by atoms with van der Waals surface area (Å²) in [5.41, 5.74) is 2.53. The molecular weight excluding hydrogens is 290 g/mol. The van der Waals surface area contributed by atoms with Crippen LogP contribution in [-0.2, 0) is 4.84 Å². The molecule has 1 aromatic carbocycles. The van der Waals surface area contributed by atoms with E-state index in [0.717, 1.165) is 5.56 Å². The Hall–Kier alpha value is -1.16. The largest absolute Gasteiger partial charge is 0.292 e. The Balaban J connectivity index is 2.41. The molecule has 1 aromatic rings. The van der Waals surface area contributed by atoms with Gasteiger partial charge in [-0.25, -0.2) is 0 Å². The third-order valence-corrected chi connectivity index (χ3v) is 4.15. The molecule has 114 valence electrons. The minimum Gasteiger partial charge on any atom is -0.292 e. The van der Waals surface area contributed by atoms with Crippen molar-refractivity contribution in [1.29, 1.82) is 5.26 Å². The highest BCUT2D eigenvalue weighted by Crippen LogP contribution is 2.42. The van der Waals surface area contributed by atoms with Gasteiger partial charge in [0.1, 0.15) is 6.23 Å². The molecule has 4 atom stereocenters. The molecule has 0 saturated carbocycles. The average molecular weight is 310 g/mol. The van der Waals surface area contributed by atoms with Crippen molar-refractivity contribution in [3.8, 4) is 6.07 Å². The molecule has 0 spiro atoms. The molecule has 5 nitrogen and oxygen atoms in total. The topological polar surface area (TPSA) is 77.3 Å². The van der Waals surface area contributed by atoms with E-state index in [1.165, 1.54) is 0 Å². The van der Waals surface area contributed by atoms with Crippen molar-refractivity contribution in [3.05, 3.63) is 34.9 Å². The van der Waals surface area contributed by atoms with Gasteiger partial charge in [0.15, 0.2) is 0 Å². The van der Waals surface area contributed by atoms with Crippen molar-refractivity contribution < 1.29 is 10.0 Å². The van der Waals surface area contributed by atoms with Gasteiger partial charge >= 0.3 is 0 Å². The van der Waals surface area contributed by atoms with Gasteiger partial charge in [-0.05, 0) is 23.1 Å². The molecule has 3 N–H and O–H groups in total. The van der Waals surface area contributed by atoms with Crippen LogP contribution in [0.5, 0.6) is 0 Å². The number of nitrogens with zero attached hydrogens (tertiary/aromatic N) is 1. The maximum absolute atomic E-state index is 9.63. The molecule has 0 bridgehead atoms. The van der Waals surface area contributed by atoms with Crippen LogP contribution in [0.4, 0.5) is 0 Å². The Labute approximate surface area is 129 Å². The fourth-order valence-electron chi connectivity index (χ4n) is 2.98. The Kier molecular flexibility index (Phi) is 4.87. The monoisotopic (exact) mass is 309 g/mol. The Morgan fingerprint density at radius 3 is 2.67 bits per heavy atom. The fraction of sp³-hybridized carbons (Fsp3) is 0.533. The first kappa shape index (κ1) is 16.2. The number of hydrogen-bond acceptors (Lipinski definition) is 5. The first-order valence-electron chi connectivity index (χ1n) is 6.84. The molecule has 1 aliphatic rings. The predicted molar refractivity (Wildman–Crippen MR) is 79.5 cm³/mol. The van der Waals surface area contributed by atoms with E-state index in [1.807, 2.05) is 18.2 Å². The normalized spacial score (nSPS) is 29.3. The third-order valence-electron chi connectivity index (χ3n) is 3.91. The summed E-state index contributed by atoms with van der Waals surface area (Å²) >= 11 is 6.06. The lowest BCUT2D eigenvalue weighted by molar-refractivity contribution is -0.172. The minimum atomic E-state index is -0.512. The highest BCUT2D eigenvalue weighted by Gasteiger charge is 2.49. The van der Waals surface area contributed by atoms with Gasteiger partial charge in [0, 0.05) is 17.0 Å². The van der Waals surface area contributed by atoms with Crippen LogP contribution < -0.4 is 11.0 Å². The van der Waals surface area contributed by atoms with E-state index in [9.17, 15) is 5.26 Å². The molecule has 4 unspecified atom stereocenters. The van der Waals surface area contributed by atoms with Gasteiger partial charge in [-0.15, -0.1) is 0 Å². The van der Waals surface area contributed by atoms with E-state index in [-0.39, 0.29) is 23.3 Å². The highest BCUT2D eigenvalue weighted by atomic mass is 35.5. The molecule has 21 heavy (non-hydrogen) atoms. The van der Waals surface area contributed by atoms with Crippen molar-refractivity contribution >= 4 is 11.6 Å². The second kappa shape index (κ2) is 6.30. The maximum atomic E-state index is 9.63. The zero-order valence-corrected chi connectivity index (χ0v) is 13.1. The average Bonchev–Trinajstić information content (AvgIpc) is 2.77. The van der Waals surface area contributed by atoms with Crippen LogP contribution in [0.1, 0.15) is 32.3 Å². The van der Waals surface area contributed by atoms with Crippen molar-refractivity contribution in [1.82, 2.24) is 11.0 Å². The molecule has 0 aliphatic carbocycles. The number of nitriles is 1. The standard InChI is InChI=1S/C15H20ClN3O2/c1-15(2,3)13-11(8-17)12(14(18-13)21-19-20)9-5-4-6-10(16)7-9/h4-7,11-14,18-20H,1-3H3. The summed E-state index contributed by atoms with van der Waals surface area (Å²) in [6.45, 7) is 6.20. The molecule has 0 aromatic heterocycles. The summed E-state index contributed by atoms with van der Waals surface area (Å²) < 4.78 is 0. The SMILES string of the molecule is CC(C)(C)C1NC(ONO)C(c2cccc(Cl)c2)C1C#N. The summed E-state index contributed by atoms with van der Waals surface area (Å²) in [7, 11) is 0.